The Hall–Kier alpha value is -0.480. The minimum atomic E-state index is 0.876. The Morgan fingerprint density at radius 2 is 2.60 bits per heavy atom. The second kappa shape index (κ2) is 2.29. The Balaban J connectivity index is 2.45. The van der Waals surface area contributed by atoms with Crippen LogP contribution in [0.25, 0.3) is 0 Å². The number of thiol groups is 1. The number of imidazole rings is 1. The monoisotopic (exact) mass is 155 g/mol. The molecule has 1 N–H and O–H groups in total. The highest BCUT2D eigenvalue weighted by molar-refractivity contribution is 7.80. The van der Waals surface area contributed by atoms with Crippen molar-refractivity contribution < 1.29 is 0 Å². The van der Waals surface area contributed by atoms with Crippen molar-refractivity contribution in [3.63, 3.8) is 0 Å². The molecule has 1 aromatic heterocycles. The van der Waals surface area contributed by atoms with Gasteiger partial charge < -0.3 is 9.88 Å². The third kappa shape index (κ3) is 0.839. The number of hydrogen-bond donors (Lipinski definition) is 2. The van der Waals surface area contributed by atoms with Crippen LogP contribution in [-0.4, -0.2) is 16.1 Å². The standard InChI is InChI=1S/C6H9N3S/c10-6-4-8-5-3-7-1-2-9(5)6/h4,7,10H,1-3H2. The van der Waals surface area contributed by atoms with E-state index in [4.69, 9.17) is 0 Å². The Kier molecular flexibility index (Phi) is 1.43. The first kappa shape index (κ1) is 6.24. The zero-order valence-electron chi connectivity index (χ0n) is 5.54. The second-order valence-corrected chi connectivity index (χ2v) is 2.82. The van der Waals surface area contributed by atoms with Gasteiger partial charge in [0.05, 0.1) is 17.8 Å². The van der Waals surface area contributed by atoms with Crippen LogP contribution in [0.1, 0.15) is 5.82 Å². The maximum absolute atomic E-state index is 4.26. The molecule has 4 heteroatoms. The van der Waals surface area contributed by atoms with Gasteiger partial charge in [0, 0.05) is 13.1 Å². The lowest BCUT2D eigenvalue weighted by Crippen LogP contribution is -2.28. The summed E-state index contributed by atoms with van der Waals surface area (Å²) in [5.41, 5.74) is 0. The molecule has 3 nitrogen and oxygen atoms in total. The van der Waals surface area contributed by atoms with Crippen LogP contribution in [0.5, 0.6) is 0 Å². The molecule has 0 unspecified atom stereocenters. The molecule has 1 aromatic rings. The molecule has 0 saturated carbocycles. The number of hydrogen-bond acceptors (Lipinski definition) is 3. The van der Waals surface area contributed by atoms with Gasteiger partial charge in [-0.2, -0.15) is 0 Å². The molecule has 2 rings (SSSR count). The summed E-state index contributed by atoms with van der Waals surface area (Å²) >= 11 is 4.26. The van der Waals surface area contributed by atoms with Crippen LogP contribution in [0, 0.1) is 0 Å². The van der Waals surface area contributed by atoms with Gasteiger partial charge in [-0.15, -0.1) is 12.6 Å². The normalized spacial score (nSPS) is 16.9. The van der Waals surface area contributed by atoms with Crippen LogP contribution in [0.15, 0.2) is 11.2 Å². The minimum Gasteiger partial charge on any atom is -0.321 e. The zero-order valence-corrected chi connectivity index (χ0v) is 6.43. The number of nitrogens with one attached hydrogen (secondary N) is 1. The van der Waals surface area contributed by atoms with E-state index in [0.29, 0.717) is 0 Å². The van der Waals surface area contributed by atoms with E-state index >= 15 is 0 Å². The quantitative estimate of drug-likeness (QED) is 0.527. The van der Waals surface area contributed by atoms with Gasteiger partial charge in [-0.25, -0.2) is 4.98 Å². The van der Waals surface area contributed by atoms with Crippen molar-refractivity contribution in [1.29, 1.82) is 0 Å². The highest BCUT2D eigenvalue weighted by atomic mass is 32.1. The van der Waals surface area contributed by atoms with Gasteiger partial charge in [0.15, 0.2) is 0 Å². The lowest BCUT2D eigenvalue weighted by Gasteiger charge is -2.15. The Morgan fingerprint density at radius 3 is 3.40 bits per heavy atom. The first-order chi connectivity index (χ1) is 4.88. The summed E-state index contributed by atoms with van der Waals surface area (Å²) < 4.78 is 2.12. The minimum absolute atomic E-state index is 0.876. The molecular weight excluding hydrogens is 146 g/mol. The number of fused-ring (bicyclic) bond motifs is 1. The van der Waals surface area contributed by atoms with Crippen LogP contribution in [-0.2, 0) is 13.1 Å². The maximum atomic E-state index is 4.26. The molecule has 0 saturated heterocycles. The number of rotatable bonds is 0. The topological polar surface area (TPSA) is 29.9 Å². The third-order valence-corrected chi connectivity index (χ3v) is 2.07. The highest BCUT2D eigenvalue weighted by Crippen LogP contribution is 2.11. The summed E-state index contributed by atoms with van der Waals surface area (Å²) in [7, 11) is 0. The van der Waals surface area contributed by atoms with Crippen molar-refractivity contribution >= 4 is 12.6 Å². The van der Waals surface area contributed by atoms with E-state index in [1.54, 1.807) is 6.20 Å². The molecule has 0 fully saturated rings. The lowest BCUT2D eigenvalue weighted by atomic mass is 10.4. The van der Waals surface area contributed by atoms with E-state index in [-0.39, 0.29) is 0 Å². The van der Waals surface area contributed by atoms with E-state index in [0.717, 1.165) is 30.5 Å². The van der Waals surface area contributed by atoms with Gasteiger partial charge in [-0.3, -0.25) is 0 Å². The van der Waals surface area contributed by atoms with Crippen LogP contribution in [0.4, 0.5) is 0 Å². The van der Waals surface area contributed by atoms with Gasteiger partial charge in [0.1, 0.15) is 5.82 Å². The molecular formula is C6H9N3S. The summed E-state index contributed by atoms with van der Waals surface area (Å²) in [6.07, 6.45) is 1.80. The molecule has 0 amide bonds. The third-order valence-electron chi connectivity index (χ3n) is 1.71. The molecule has 1 aliphatic rings. The molecule has 10 heavy (non-hydrogen) atoms. The van der Waals surface area contributed by atoms with E-state index in [2.05, 4.69) is 27.5 Å². The SMILES string of the molecule is Sc1cnc2n1CCNC2. The highest BCUT2D eigenvalue weighted by Gasteiger charge is 2.10. The smallest absolute Gasteiger partial charge is 0.123 e. The molecule has 0 radical (unpaired) electrons. The second-order valence-electron chi connectivity index (χ2n) is 2.36. The van der Waals surface area contributed by atoms with Crippen LogP contribution in [0.2, 0.25) is 0 Å². The van der Waals surface area contributed by atoms with Gasteiger partial charge >= 0.3 is 0 Å². The predicted molar refractivity (Wildman–Crippen MR) is 41.2 cm³/mol. The Labute approximate surface area is 64.9 Å². The maximum Gasteiger partial charge on any atom is 0.123 e. The Morgan fingerprint density at radius 1 is 1.70 bits per heavy atom. The van der Waals surface area contributed by atoms with E-state index in [9.17, 15) is 0 Å². The first-order valence-electron chi connectivity index (χ1n) is 3.32. The first-order valence-corrected chi connectivity index (χ1v) is 3.77. The largest absolute Gasteiger partial charge is 0.321 e. The molecule has 0 spiro atoms. The van der Waals surface area contributed by atoms with Crippen LogP contribution < -0.4 is 5.32 Å². The summed E-state index contributed by atoms with van der Waals surface area (Å²) in [4.78, 5) is 4.18. The summed E-state index contributed by atoms with van der Waals surface area (Å²) in [5, 5.41) is 4.21. The number of aromatic nitrogens is 2. The summed E-state index contributed by atoms with van der Waals surface area (Å²) in [6.45, 7) is 2.89. The number of nitrogens with zero attached hydrogens (tertiary/aromatic N) is 2. The molecule has 54 valence electrons. The van der Waals surface area contributed by atoms with E-state index in [1.165, 1.54) is 0 Å². The fraction of sp³-hybridized carbons (Fsp3) is 0.500. The van der Waals surface area contributed by atoms with Crippen LogP contribution >= 0.6 is 12.6 Å². The van der Waals surface area contributed by atoms with Gasteiger partial charge in [0.2, 0.25) is 0 Å². The van der Waals surface area contributed by atoms with Gasteiger partial charge in [-0.05, 0) is 0 Å². The van der Waals surface area contributed by atoms with Crippen molar-refractivity contribution in [3.8, 4) is 0 Å². The fourth-order valence-corrected chi connectivity index (χ4v) is 1.45. The zero-order chi connectivity index (χ0) is 6.97. The summed E-state index contributed by atoms with van der Waals surface area (Å²) in [5.74, 6) is 1.09. The molecule has 2 heterocycles. The average Bonchev–Trinajstić information content (AvgIpc) is 2.34. The van der Waals surface area contributed by atoms with Crippen molar-refractivity contribution in [2.45, 2.75) is 18.1 Å². The van der Waals surface area contributed by atoms with Crippen LogP contribution in [0.3, 0.4) is 0 Å². The molecule has 0 bridgehead atoms. The predicted octanol–water partition coefficient (Wildman–Crippen LogP) is 0.275. The van der Waals surface area contributed by atoms with Gasteiger partial charge in [-0.1, -0.05) is 0 Å². The van der Waals surface area contributed by atoms with Crippen molar-refractivity contribution in [3.05, 3.63) is 12.0 Å². The van der Waals surface area contributed by atoms with Gasteiger partial charge in [0.25, 0.3) is 0 Å². The fourth-order valence-electron chi connectivity index (χ4n) is 1.18. The average molecular weight is 155 g/mol. The molecule has 0 aliphatic carbocycles. The van der Waals surface area contributed by atoms with Crippen molar-refractivity contribution in [2.24, 2.45) is 0 Å². The van der Waals surface area contributed by atoms with E-state index < -0.39 is 0 Å². The Bertz CT molecular complexity index is 243. The molecule has 1 aliphatic heterocycles. The van der Waals surface area contributed by atoms with E-state index in [1.807, 2.05) is 0 Å². The van der Waals surface area contributed by atoms with Crippen molar-refractivity contribution in [2.75, 3.05) is 6.54 Å². The van der Waals surface area contributed by atoms with Crippen molar-refractivity contribution in [1.82, 2.24) is 14.9 Å². The summed E-state index contributed by atoms with van der Waals surface area (Å²) in [6, 6.07) is 0. The molecule has 0 aromatic carbocycles. The molecule has 0 atom stereocenters. The lowest BCUT2D eigenvalue weighted by molar-refractivity contribution is 0.485.